The van der Waals surface area contributed by atoms with Gasteiger partial charge in [-0.2, -0.15) is 10.2 Å². The third-order valence-corrected chi connectivity index (χ3v) is 5.71. The second-order valence-corrected chi connectivity index (χ2v) is 9.06. The first-order chi connectivity index (χ1) is 14.2. The molecule has 0 radical (unpaired) electrons. The Balaban J connectivity index is 2.48. The quantitative estimate of drug-likeness (QED) is 0.160. The molecular weight excluding hydrogens is 396 g/mol. The van der Waals surface area contributed by atoms with Crippen LogP contribution in [0.3, 0.4) is 0 Å². The Morgan fingerprint density at radius 2 is 2.00 bits per heavy atom. The number of carbonyl (C=O) groups excluding carboxylic acids is 1. The highest BCUT2D eigenvalue weighted by atomic mass is 35.5. The smallest absolute Gasteiger partial charge is 0.335 e. The highest BCUT2D eigenvalue weighted by molar-refractivity contribution is 6.23. The van der Waals surface area contributed by atoms with E-state index in [1.807, 2.05) is 26.8 Å². The molecule has 2 atom stereocenters. The zero-order valence-electron chi connectivity index (χ0n) is 19.0. The number of fused-ring (bicyclic) bond motifs is 1. The number of ether oxygens (including phenoxy) is 1. The lowest BCUT2D eigenvalue weighted by Crippen LogP contribution is -2.24. The van der Waals surface area contributed by atoms with Crippen LogP contribution in [-0.2, 0) is 9.53 Å². The van der Waals surface area contributed by atoms with Crippen LogP contribution in [-0.4, -0.2) is 22.0 Å². The topological polar surface area (TPSA) is 52.1 Å². The van der Waals surface area contributed by atoms with Crippen molar-refractivity contribution in [3.8, 4) is 0 Å². The zero-order chi connectivity index (χ0) is 22.3. The molecule has 0 N–H and O–H groups in total. The number of aryl methyl sites for hydroxylation is 1. The van der Waals surface area contributed by atoms with E-state index in [0.717, 1.165) is 47.4 Å². The van der Waals surface area contributed by atoms with Crippen molar-refractivity contribution >= 4 is 23.1 Å². The molecule has 0 amide bonds. The van der Waals surface area contributed by atoms with Gasteiger partial charge in [0, 0.05) is 17.9 Å². The highest BCUT2D eigenvalue weighted by Crippen LogP contribution is 2.48. The van der Waals surface area contributed by atoms with E-state index in [2.05, 4.69) is 49.2 Å². The summed E-state index contributed by atoms with van der Waals surface area (Å²) in [5.74, 6) is 0.0412. The van der Waals surface area contributed by atoms with Crippen LogP contribution >= 0.6 is 11.6 Å². The molecule has 5 heteroatoms. The molecule has 0 spiro atoms. The fourth-order valence-electron chi connectivity index (χ4n) is 3.81. The van der Waals surface area contributed by atoms with Crippen molar-refractivity contribution in [2.75, 3.05) is 5.88 Å². The first-order valence-corrected chi connectivity index (χ1v) is 10.9. The lowest BCUT2D eigenvalue weighted by molar-refractivity contribution is -0.132. The van der Waals surface area contributed by atoms with Crippen LogP contribution in [0.5, 0.6) is 0 Å². The maximum absolute atomic E-state index is 12.0. The van der Waals surface area contributed by atoms with Crippen molar-refractivity contribution in [1.29, 1.82) is 0 Å². The van der Waals surface area contributed by atoms with Gasteiger partial charge in [-0.1, -0.05) is 30.2 Å². The van der Waals surface area contributed by atoms with Crippen LogP contribution in [0.25, 0.3) is 5.57 Å². The number of halogens is 1. The summed E-state index contributed by atoms with van der Waals surface area (Å²) in [7, 11) is 0. The number of allylic oxidation sites excluding steroid dienone is 6. The molecule has 4 nitrogen and oxygen atoms in total. The van der Waals surface area contributed by atoms with Crippen molar-refractivity contribution in [1.82, 2.24) is 10.2 Å². The SMILES string of the molecule is CC(C)=CCC[C@@]1(C)CC=C(CCl)c2nnc(C)cc2[C@@H]1/C=C/OC(=O)C=C(C)C. The third-order valence-electron chi connectivity index (χ3n) is 5.42. The van der Waals surface area contributed by atoms with Gasteiger partial charge < -0.3 is 4.74 Å². The number of hydrogen-bond donors (Lipinski definition) is 0. The van der Waals surface area contributed by atoms with Crippen LogP contribution in [0.1, 0.15) is 76.8 Å². The number of carbonyl (C=O) groups is 1. The fourth-order valence-corrected chi connectivity index (χ4v) is 4.04. The summed E-state index contributed by atoms with van der Waals surface area (Å²) in [6, 6.07) is 2.08. The Hall–Kier alpha value is -2.20. The molecule has 0 saturated heterocycles. The summed E-state index contributed by atoms with van der Waals surface area (Å²) in [6.07, 6.45) is 12.3. The van der Waals surface area contributed by atoms with E-state index in [9.17, 15) is 4.79 Å². The van der Waals surface area contributed by atoms with E-state index in [1.165, 1.54) is 17.9 Å². The summed E-state index contributed by atoms with van der Waals surface area (Å²) in [4.78, 5) is 12.0. The van der Waals surface area contributed by atoms with Crippen LogP contribution in [0.15, 0.2) is 47.8 Å². The molecule has 1 aliphatic carbocycles. The minimum atomic E-state index is -0.366. The van der Waals surface area contributed by atoms with Gasteiger partial charge >= 0.3 is 5.97 Å². The van der Waals surface area contributed by atoms with Crippen LogP contribution < -0.4 is 0 Å². The van der Waals surface area contributed by atoms with Crippen molar-refractivity contribution in [2.45, 2.75) is 66.7 Å². The van der Waals surface area contributed by atoms with E-state index in [1.54, 1.807) is 0 Å². The Morgan fingerprint density at radius 3 is 2.63 bits per heavy atom. The summed E-state index contributed by atoms with van der Waals surface area (Å²) in [5, 5.41) is 8.74. The fraction of sp³-hybridized carbons (Fsp3) is 0.480. The van der Waals surface area contributed by atoms with Crippen molar-refractivity contribution < 1.29 is 9.53 Å². The molecular formula is C25H33ClN2O2. The maximum Gasteiger partial charge on any atom is 0.335 e. The number of rotatable bonds is 7. The number of aromatic nitrogens is 2. The van der Waals surface area contributed by atoms with Gasteiger partial charge in [-0.25, -0.2) is 4.79 Å². The van der Waals surface area contributed by atoms with E-state index in [4.69, 9.17) is 16.3 Å². The molecule has 0 fully saturated rings. The predicted molar refractivity (Wildman–Crippen MR) is 124 cm³/mol. The molecule has 162 valence electrons. The second-order valence-electron chi connectivity index (χ2n) is 8.80. The number of nitrogens with zero attached hydrogens (tertiary/aromatic N) is 2. The molecule has 30 heavy (non-hydrogen) atoms. The highest BCUT2D eigenvalue weighted by Gasteiger charge is 2.37. The number of alkyl halides is 1. The summed E-state index contributed by atoms with van der Waals surface area (Å²) in [6.45, 7) is 12.2. The average Bonchev–Trinajstić information content (AvgIpc) is 2.76. The van der Waals surface area contributed by atoms with Crippen LogP contribution in [0.4, 0.5) is 0 Å². The monoisotopic (exact) mass is 428 g/mol. The molecule has 1 aromatic rings. The first-order valence-electron chi connectivity index (χ1n) is 10.4. The lowest BCUT2D eigenvalue weighted by atomic mass is 9.69. The van der Waals surface area contributed by atoms with E-state index < -0.39 is 0 Å². The first kappa shape index (κ1) is 24.1. The molecule has 0 aromatic carbocycles. The molecule has 0 aliphatic heterocycles. The summed E-state index contributed by atoms with van der Waals surface area (Å²) in [5.41, 5.74) is 5.92. The molecule has 0 bridgehead atoms. The summed E-state index contributed by atoms with van der Waals surface area (Å²) >= 11 is 6.26. The van der Waals surface area contributed by atoms with Gasteiger partial charge in [-0.3, -0.25) is 0 Å². The van der Waals surface area contributed by atoms with E-state index in [0.29, 0.717) is 5.88 Å². The predicted octanol–water partition coefficient (Wildman–Crippen LogP) is 6.67. The van der Waals surface area contributed by atoms with E-state index in [-0.39, 0.29) is 17.3 Å². The Bertz CT molecular complexity index is 890. The Morgan fingerprint density at radius 1 is 1.27 bits per heavy atom. The number of esters is 1. The number of hydrogen-bond acceptors (Lipinski definition) is 4. The standard InChI is InChI=1S/C25H33ClN2O2/c1-17(2)8-7-11-25(6)12-9-20(16-26)24-21(15-19(5)27-28-24)22(25)10-13-30-23(29)14-18(3)4/h8-10,13-15,22H,7,11-12,16H2,1-6H3/b13-10+/t22-,25-/m0/s1. The van der Waals surface area contributed by atoms with Crippen molar-refractivity contribution in [2.24, 2.45) is 5.41 Å². The minimum absolute atomic E-state index is 0.0173. The van der Waals surface area contributed by atoms with Crippen LogP contribution in [0, 0.1) is 12.3 Å². The average molecular weight is 429 g/mol. The molecule has 2 rings (SSSR count). The van der Waals surface area contributed by atoms with Gasteiger partial charge in [-0.05, 0) is 82.6 Å². The van der Waals surface area contributed by atoms with Gasteiger partial charge in [0.15, 0.2) is 0 Å². The molecule has 1 aliphatic rings. The maximum atomic E-state index is 12.0. The zero-order valence-corrected chi connectivity index (χ0v) is 19.7. The molecule has 0 saturated carbocycles. The van der Waals surface area contributed by atoms with E-state index >= 15 is 0 Å². The third kappa shape index (κ3) is 6.40. The molecule has 0 unspecified atom stereocenters. The van der Waals surface area contributed by atoms with Crippen molar-refractivity contribution in [3.05, 3.63) is 64.7 Å². The van der Waals surface area contributed by atoms with Gasteiger partial charge in [-0.15, -0.1) is 11.6 Å². The van der Waals surface area contributed by atoms with Crippen molar-refractivity contribution in [3.63, 3.8) is 0 Å². The molecule has 1 heterocycles. The van der Waals surface area contributed by atoms with Gasteiger partial charge in [0.1, 0.15) is 0 Å². The second kappa shape index (κ2) is 10.7. The van der Waals surface area contributed by atoms with Gasteiger partial charge in [0.05, 0.1) is 17.6 Å². The normalized spacial score (nSPS) is 20.8. The van der Waals surface area contributed by atoms with Crippen LogP contribution in [0.2, 0.25) is 0 Å². The molecule has 1 aromatic heterocycles. The van der Waals surface area contributed by atoms with Gasteiger partial charge in [0.2, 0.25) is 0 Å². The van der Waals surface area contributed by atoms with Gasteiger partial charge in [0.25, 0.3) is 0 Å². The Labute approximate surface area is 185 Å². The summed E-state index contributed by atoms with van der Waals surface area (Å²) < 4.78 is 5.34. The largest absolute Gasteiger partial charge is 0.432 e. The Kier molecular flexibility index (Phi) is 8.60. The minimum Gasteiger partial charge on any atom is -0.432 e. The lowest BCUT2D eigenvalue weighted by Gasteiger charge is -2.35.